The summed E-state index contributed by atoms with van der Waals surface area (Å²) in [6.07, 6.45) is 4.62. The van der Waals surface area contributed by atoms with E-state index in [0.29, 0.717) is 5.69 Å². The van der Waals surface area contributed by atoms with E-state index in [0.717, 1.165) is 54.3 Å². The van der Waals surface area contributed by atoms with Gasteiger partial charge in [-0.3, -0.25) is 9.78 Å². The van der Waals surface area contributed by atoms with Crippen molar-refractivity contribution in [1.82, 2.24) is 24.6 Å². The molecule has 8 heteroatoms. The number of pyridine rings is 1. The molecule has 5 rings (SSSR count). The summed E-state index contributed by atoms with van der Waals surface area (Å²) in [6, 6.07) is 12.3. The second kappa shape index (κ2) is 8.25. The zero-order valence-electron chi connectivity index (χ0n) is 19.3. The Bertz CT molecular complexity index is 1170. The third kappa shape index (κ3) is 3.95. The third-order valence-corrected chi connectivity index (χ3v) is 8.15. The van der Waals surface area contributed by atoms with Gasteiger partial charge >= 0.3 is 0 Å². The molecule has 2 aliphatic rings. The largest absolute Gasteiger partial charge is 0.395 e. The Hall–Kier alpha value is -2.71. The summed E-state index contributed by atoms with van der Waals surface area (Å²) in [6.45, 7) is 3.12. The monoisotopic (exact) mass is 463 g/mol. The molecule has 0 bridgehead atoms. The highest BCUT2D eigenvalue weighted by molar-refractivity contribution is 8.00. The first-order chi connectivity index (χ1) is 15.8. The van der Waals surface area contributed by atoms with E-state index in [2.05, 4.69) is 50.9 Å². The molecule has 2 aromatic heterocycles. The van der Waals surface area contributed by atoms with Crippen LogP contribution in [0.15, 0.2) is 42.6 Å². The minimum atomic E-state index is -0.197. The van der Waals surface area contributed by atoms with Crippen LogP contribution in [-0.4, -0.2) is 66.9 Å². The summed E-state index contributed by atoms with van der Waals surface area (Å²) in [7, 11) is 3.45. The number of hydrogen-bond donors (Lipinski definition) is 1. The maximum absolute atomic E-state index is 12.1. The first-order valence-corrected chi connectivity index (χ1v) is 12.3. The van der Waals surface area contributed by atoms with Gasteiger partial charge in [0.05, 0.1) is 12.0 Å². The minimum absolute atomic E-state index is 0.0748. The van der Waals surface area contributed by atoms with Gasteiger partial charge in [-0.15, -0.1) is 10.2 Å². The van der Waals surface area contributed by atoms with E-state index < -0.39 is 0 Å². The predicted octanol–water partition coefficient (Wildman–Crippen LogP) is 3.16. The van der Waals surface area contributed by atoms with E-state index in [1.807, 2.05) is 17.8 Å². The average Bonchev–Trinajstić information content (AvgIpc) is 3.58. The standard InChI is InChI=1S/C25H29N5O2S/c1-24(16-31)14-21-27-28-23(30(21)12-13-33-24)25(10-11-25)19-7-4-17(5-8-19)18-6-9-20(26-15-18)22(32)29(2)3/h4-9,15,31H,10-14,16H2,1-3H3. The summed E-state index contributed by atoms with van der Waals surface area (Å²) in [5.41, 5.74) is 3.68. The van der Waals surface area contributed by atoms with E-state index in [9.17, 15) is 9.90 Å². The van der Waals surface area contributed by atoms with Gasteiger partial charge in [0.25, 0.3) is 5.91 Å². The number of amides is 1. The number of carbonyl (C=O) groups is 1. The van der Waals surface area contributed by atoms with Gasteiger partial charge in [-0.25, -0.2) is 0 Å². The number of nitrogens with zero attached hydrogens (tertiary/aromatic N) is 5. The molecule has 1 atom stereocenters. The number of benzene rings is 1. The molecule has 0 saturated heterocycles. The van der Waals surface area contributed by atoms with E-state index in [1.54, 1.807) is 26.4 Å². The molecular weight excluding hydrogens is 434 g/mol. The Kier molecular flexibility index (Phi) is 5.53. The number of aromatic nitrogens is 4. The van der Waals surface area contributed by atoms with Crippen molar-refractivity contribution in [3.05, 3.63) is 65.5 Å². The van der Waals surface area contributed by atoms with Crippen molar-refractivity contribution in [2.75, 3.05) is 26.5 Å². The number of fused-ring (bicyclic) bond motifs is 1. The molecule has 7 nitrogen and oxygen atoms in total. The van der Waals surface area contributed by atoms with Crippen molar-refractivity contribution in [3.63, 3.8) is 0 Å². The molecule has 1 saturated carbocycles. The number of thioether (sulfide) groups is 1. The van der Waals surface area contributed by atoms with Crippen LogP contribution in [0.3, 0.4) is 0 Å². The average molecular weight is 464 g/mol. The van der Waals surface area contributed by atoms with E-state index in [-0.39, 0.29) is 22.7 Å². The van der Waals surface area contributed by atoms with Gasteiger partial charge in [-0.2, -0.15) is 11.8 Å². The highest BCUT2D eigenvalue weighted by Gasteiger charge is 2.50. The van der Waals surface area contributed by atoms with Crippen LogP contribution < -0.4 is 0 Å². The van der Waals surface area contributed by atoms with Crippen LogP contribution in [0, 0.1) is 0 Å². The Balaban J connectivity index is 1.40. The summed E-state index contributed by atoms with van der Waals surface area (Å²) in [5, 5.41) is 19.0. The molecule has 1 aliphatic carbocycles. The topological polar surface area (TPSA) is 84.1 Å². The van der Waals surface area contributed by atoms with Crippen molar-refractivity contribution in [2.45, 2.75) is 42.9 Å². The summed E-state index contributed by atoms with van der Waals surface area (Å²) >= 11 is 1.82. The van der Waals surface area contributed by atoms with Crippen LogP contribution in [-0.2, 0) is 18.4 Å². The molecule has 1 unspecified atom stereocenters. The van der Waals surface area contributed by atoms with Gasteiger partial charge in [0.1, 0.15) is 17.3 Å². The van der Waals surface area contributed by atoms with Crippen LogP contribution in [0.1, 0.15) is 47.5 Å². The molecule has 1 aliphatic heterocycles. The molecule has 0 radical (unpaired) electrons. The Morgan fingerprint density at radius 1 is 1.12 bits per heavy atom. The molecule has 1 fully saturated rings. The molecule has 1 amide bonds. The smallest absolute Gasteiger partial charge is 0.271 e. The molecular formula is C25H29N5O2S. The second-order valence-electron chi connectivity index (χ2n) is 9.52. The zero-order chi connectivity index (χ0) is 23.2. The van der Waals surface area contributed by atoms with Gasteiger partial charge in [0.2, 0.25) is 0 Å². The summed E-state index contributed by atoms with van der Waals surface area (Å²) < 4.78 is 2.09. The lowest BCUT2D eigenvalue weighted by atomic mass is 9.93. The number of carbonyl (C=O) groups excluding carboxylic acids is 1. The van der Waals surface area contributed by atoms with Crippen LogP contribution in [0.5, 0.6) is 0 Å². The van der Waals surface area contributed by atoms with Crippen molar-refractivity contribution in [2.24, 2.45) is 0 Å². The third-order valence-electron chi connectivity index (χ3n) is 6.80. The van der Waals surface area contributed by atoms with Crippen LogP contribution in [0.4, 0.5) is 0 Å². The molecule has 3 aromatic rings. The lowest BCUT2D eigenvalue weighted by Gasteiger charge is -2.23. The van der Waals surface area contributed by atoms with E-state index in [1.165, 1.54) is 10.5 Å². The summed E-state index contributed by atoms with van der Waals surface area (Å²) in [5.74, 6) is 2.88. The summed E-state index contributed by atoms with van der Waals surface area (Å²) in [4.78, 5) is 18.0. The number of rotatable bonds is 5. The van der Waals surface area contributed by atoms with E-state index in [4.69, 9.17) is 0 Å². The molecule has 3 heterocycles. The number of hydrogen-bond acceptors (Lipinski definition) is 6. The minimum Gasteiger partial charge on any atom is -0.395 e. The quantitative estimate of drug-likeness (QED) is 0.626. The van der Waals surface area contributed by atoms with Gasteiger partial charge in [0.15, 0.2) is 0 Å². The second-order valence-corrected chi connectivity index (χ2v) is 11.2. The molecule has 0 spiro atoms. The number of aliphatic hydroxyl groups is 1. The highest BCUT2D eigenvalue weighted by Crippen LogP contribution is 2.53. The van der Waals surface area contributed by atoms with E-state index >= 15 is 0 Å². The zero-order valence-corrected chi connectivity index (χ0v) is 20.1. The fourth-order valence-electron chi connectivity index (χ4n) is 4.59. The Labute approximate surface area is 198 Å². The molecule has 33 heavy (non-hydrogen) atoms. The molecule has 1 aromatic carbocycles. The van der Waals surface area contributed by atoms with Crippen molar-refractivity contribution in [1.29, 1.82) is 0 Å². The lowest BCUT2D eigenvalue weighted by Crippen LogP contribution is -2.28. The van der Waals surface area contributed by atoms with Gasteiger partial charge in [0, 0.05) is 49.3 Å². The Morgan fingerprint density at radius 3 is 2.45 bits per heavy atom. The first-order valence-electron chi connectivity index (χ1n) is 11.3. The molecule has 172 valence electrons. The van der Waals surface area contributed by atoms with Crippen LogP contribution in [0.2, 0.25) is 0 Å². The van der Waals surface area contributed by atoms with Gasteiger partial charge in [-0.05, 0) is 37.0 Å². The van der Waals surface area contributed by atoms with Gasteiger partial charge in [-0.1, -0.05) is 30.3 Å². The molecule has 1 N–H and O–H groups in total. The van der Waals surface area contributed by atoms with Crippen LogP contribution >= 0.6 is 11.8 Å². The van der Waals surface area contributed by atoms with Crippen molar-refractivity contribution >= 4 is 17.7 Å². The maximum atomic E-state index is 12.1. The SMILES string of the molecule is CN(C)C(=O)c1ccc(-c2ccc(C3(c4nnc5n4CCSC(C)(CO)C5)CC3)cc2)cn1. The lowest BCUT2D eigenvalue weighted by molar-refractivity contribution is 0.0822. The maximum Gasteiger partial charge on any atom is 0.271 e. The Morgan fingerprint density at radius 2 is 1.85 bits per heavy atom. The van der Waals surface area contributed by atoms with Crippen molar-refractivity contribution < 1.29 is 9.90 Å². The predicted molar refractivity (Wildman–Crippen MR) is 129 cm³/mol. The normalized spacial score (nSPS) is 21.2. The van der Waals surface area contributed by atoms with Crippen molar-refractivity contribution in [3.8, 4) is 11.1 Å². The van der Waals surface area contributed by atoms with Crippen LogP contribution in [0.25, 0.3) is 11.1 Å². The first kappa shape index (κ1) is 22.1. The fourth-order valence-corrected chi connectivity index (χ4v) is 5.68. The van der Waals surface area contributed by atoms with Gasteiger partial charge < -0.3 is 14.6 Å². The fraction of sp³-hybridized carbons (Fsp3) is 0.440. The number of aliphatic hydroxyl groups excluding tert-OH is 1. The highest BCUT2D eigenvalue weighted by atomic mass is 32.2.